The molecule has 0 aliphatic heterocycles. The molecule has 0 atom stereocenters. The van der Waals surface area contributed by atoms with Crippen molar-refractivity contribution in [3.05, 3.63) is 41.6 Å². The molecule has 2 aromatic rings. The van der Waals surface area contributed by atoms with Crippen molar-refractivity contribution in [1.29, 1.82) is 5.26 Å². The minimum atomic E-state index is -1.56. The van der Waals surface area contributed by atoms with Gasteiger partial charge in [0.1, 0.15) is 11.6 Å². The number of aromatic amines is 1. The van der Waals surface area contributed by atoms with Crippen LogP contribution in [0.25, 0.3) is 5.57 Å². The molecule has 1 heterocycles. The summed E-state index contributed by atoms with van der Waals surface area (Å²) in [5, 5.41) is 23.8. The fraction of sp³-hybridized carbons (Fsp3) is 0. The van der Waals surface area contributed by atoms with Crippen molar-refractivity contribution in [2.75, 3.05) is 5.32 Å². The molecule has 0 aliphatic carbocycles. The Morgan fingerprint density at radius 3 is 2.53 bits per heavy atom. The highest BCUT2D eigenvalue weighted by Crippen LogP contribution is 2.18. The second-order valence-electron chi connectivity index (χ2n) is 3.30. The first-order valence-electron chi connectivity index (χ1n) is 4.87. The number of aromatic nitrogens is 4. The Hall–Kier alpha value is -2.89. The first-order chi connectivity index (χ1) is 9.11. The van der Waals surface area contributed by atoms with Crippen molar-refractivity contribution in [2.24, 2.45) is 0 Å². The third-order valence-corrected chi connectivity index (χ3v) is 2.07. The number of allylic oxidation sites excluding steroid dienone is 1. The van der Waals surface area contributed by atoms with Crippen molar-refractivity contribution >= 4 is 11.3 Å². The number of nitrogens with zero attached hydrogens (tertiary/aromatic N) is 4. The van der Waals surface area contributed by atoms with Gasteiger partial charge in [-0.15, -0.1) is 10.2 Å². The first kappa shape index (κ1) is 12.6. The molecule has 0 fully saturated rings. The van der Waals surface area contributed by atoms with Gasteiger partial charge in [-0.1, -0.05) is 0 Å². The van der Waals surface area contributed by atoms with E-state index in [9.17, 15) is 13.2 Å². The van der Waals surface area contributed by atoms with Gasteiger partial charge in [0, 0.05) is 24.0 Å². The van der Waals surface area contributed by atoms with Crippen molar-refractivity contribution in [2.45, 2.75) is 0 Å². The number of anilines is 1. The Morgan fingerprint density at radius 2 is 2.00 bits per heavy atom. The van der Waals surface area contributed by atoms with Gasteiger partial charge in [0.15, 0.2) is 17.5 Å². The van der Waals surface area contributed by atoms with Gasteiger partial charge in [-0.05, 0) is 5.21 Å². The fourth-order valence-corrected chi connectivity index (χ4v) is 1.22. The van der Waals surface area contributed by atoms with Crippen LogP contribution in [0.15, 0.2) is 18.3 Å². The lowest BCUT2D eigenvalue weighted by atomic mass is 10.2. The molecule has 0 spiro atoms. The van der Waals surface area contributed by atoms with E-state index >= 15 is 0 Å². The van der Waals surface area contributed by atoms with Crippen LogP contribution >= 0.6 is 0 Å². The monoisotopic (exact) mass is 266 g/mol. The maximum atomic E-state index is 12.9. The second kappa shape index (κ2) is 5.18. The first-order valence-corrected chi connectivity index (χ1v) is 4.87. The standard InChI is InChI=1S/C10H5F3N6/c11-7-1-6(2-8(12)9(7)13)15-4-5(3-14)10-16-18-19-17-10/h1-2,4,15H,(H,16,17,18,19). The summed E-state index contributed by atoms with van der Waals surface area (Å²) in [6, 6.07) is 3.27. The van der Waals surface area contributed by atoms with E-state index in [1.54, 1.807) is 6.07 Å². The lowest BCUT2D eigenvalue weighted by molar-refractivity contribution is 0.448. The summed E-state index contributed by atoms with van der Waals surface area (Å²) in [6.07, 6.45) is 1.12. The van der Waals surface area contributed by atoms with E-state index in [0.717, 1.165) is 18.3 Å². The van der Waals surface area contributed by atoms with Gasteiger partial charge in [0.2, 0.25) is 5.82 Å². The molecular formula is C10H5F3N6. The van der Waals surface area contributed by atoms with E-state index in [4.69, 9.17) is 5.26 Å². The molecule has 0 bridgehead atoms. The predicted octanol–water partition coefficient (Wildman–Crippen LogP) is 1.59. The third kappa shape index (κ3) is 2.68. The van der Waals surface area contributed by atoms with Crippen LogP contribution in [0.2, 0.25) is 0 Å². The highest BCUT2D eigenvalue weighted by Gasteiger charge is 2.10. The van der Waals surface area contributed by atoms with Crippen LogP contribution in [0.4, 0.5) is 18.9 Å². The van der Waals surface area contributed by atoms with E-state index in [2.05, 4.69) is 25.9 Å². The normalized spacial score (nSPS) is 11.2. The molecule has 0 radical (unpaired) electrons. The number of nitrogens with one attached hydrogen (secondary N) is 2. The predicted molar refractivity (Wildman–Crippen MR) is 57.7 cm³/mol. The maximum absolute atomic E-state index is 12.9. The van der Waals surface area contributed by atoms with E-state index in [1.165, 1.54) is 0 Å². The molecule has 1 aromatic carbocycles. The molecule has 0 amide bonds. The van der Waals surface area contributed by atoms with Crippen LogP contribution in [0.3, 0.4) is 0 Å². The smallest absolute Gasteiger partial charge is 0.216 e. The molecule has 2 N–H and O–H groups in total. The highest BCUT2D eigenvalue weighted by atomic mass is 19.2. The van der Waals surface area contributed by atoms with Crippen LogP contribution in [0, 0.1) is 28.8 Å². The molecule has 0 unspecified atom stereocenters. The zero-order chi connectivity index (χ0) is 13.8. The van der Waals surface area contributed by atoms with Crippen LogP contribution in [0.5, 0.6) is 0 Å². The van der Waals surface area contributed by atoms with E-state index in [1.807, 2.05) is 0 Å². The van der Waals surface area contributed by atoms with Crippen LogP contribution in [-0.2, 0) is 0 Å². The van der Waals surface area contributed by atoms with E-state index in [0.29, 0.717) is 0 Å². The second-order valence-corrected chi connectivity index (χ2v) is 3.30. The summed E-state index contributed by atoms with van der Waals surface area (Å²) in [4.78, 5) is 0. The Kier molecular flexibility index (Phi) is 3.42. The highest BCUT2D eigenvalue weighted by molar-refractivity contribution is 5.73. The largest absolute Gasteiger partial charge is 0.360 e. The van der Waals surface area contributed by atoms with E-state index < -0.39 is 17.5 Å². The number of benzene rings is 1. The lowest BCUT2D eigenvalue weighted by Crippen LogP contribution is -1.97. The topological polar surface area (TPSA) is 90.3 Å². The molecule has 6 nitrogen and oxygen atoms in total. The maximum Gasteiger partial charge on any atom is 0.216 e. The number of rotatable bonds is 3. The van der Waals surface area contributed by atoms with Crippen molar-refractivity contribution in [1.82, 2.24) is 20.6 Å². The minimum Gasteiger partial charge on any atom is -0.360 e. The van der Waals surface area contributed by atoms with Gasteiger partial charge < -0.3 is 5.32 Å². The van der Waals surface area contributed by atoms with Gasteiger partial charge in [-0.25, -0.2) is 13.2 Å². The van der Waals surface area contributed by atoms with Gasteiger partial charge in [0.25, 0.3) is 0 Å². The van der Waals surface area contributed by atoms with Gasteiger partial charge >= 0.3 is 0 Å². The van der Waals surface area contributed by atoms with Crippen LogP contribution in [-0.4, -0.2) is 20.6 Å². The molecule has 2 rings (SSSR count). The summed E-state index contributed by atoms with van der Waals surface area (Å²) in [7, 11) is 0. The van der Waals surface area contributed by atoms with Gasteiger partial charge in [-0.2, -0.15) is 10.5 Å². The number of H-pyrrole nitrogens is 1. The quantitative estimate of drug-likeness (QED) is 0.650. The van der Waals surface area contributed by atoms with Crippen molar-refractivity contribution in [3.63, 3.8) is 0 Å². The number of nitriles is 1. The minimum absolute atomic E-state index is 0.0121. The molecule has 9 heteroatoms. The Bertz CT molecular complexity index is 635. The fourth-order valence-electron chi connectivity index (χ4n) is 1.22. The summed E-state index contributed by atoms with van der Waals surface area (Å²) in [5.74, 6) is -4.23. The Morgan fingerprint density at radius 1 is 1.32 bits per heavy atom. The average molecular weight is 266 g/mol. The van der Waals surface area contributed by atoms with Gasteiger partial charge in [0.05, 0.1) is 0 Å². The Balaban J connectivity index is 2.25. The van der Waals surface area contributed by atoms with Crippen molar-refractivity contribution < 1.29 is 13.2 Å². The Labute approximate surface area is 104 Å². The SMILES string of the molecule is N#CC(=CNc1cc(F)c(F)c(F)c1)c1nn[nH]n1. The number of hydrogen-bond acceptors (Lipinski definition) is 5. The summed E-state index contributed by atoms with van der Waals surface area (Å²) in [6.45, 7) is 0. The summed E-state index contributed by atoms with van der Waals surface area (Å²) < 4.78 is 38.6. The molecule has 0 saturated carbocycles. The molecule has 1 aromatic heterocycles. The zero-order valence-electron chi connectivity index (χ0n) is 9.15. The lowest BCUT2D eigenvalue weighted by Gasteiger charge is -2.03. The molecule has 96 valence electrons. The summed E-state index contributed by atoms with van der Waals surface area (Å²) in [5.41, 5.74) is -0.0773. The third-order valence-electron chi connectivity index (χ3n) is 2.07. The summed E-state index contributed by atoms with van der Waals surface area (Å²) >= 11 is 0. The van der Waals surface area contributed by atoms with E-state index in [-0.39, 0.29) is 17.1 Å². The number of hydrogen-bond donors (Lipinski definition) is 2. The molecular weight excluding hydrogens is 261 g/mol. The average Bonchev–Trinajstić information content (AvgIpc) is 2.90. The number of halogens is 3. The number of tetrazole rings is 1. The molecule has 0 aliphatic rings. The molecule has 0 saturated heterocycles. The van der Waals surface area contributed by atoms with Crippen LogP contribution < -0.4 is 5.32 Å². The van der Waals surface area contributed by atoms with Crippen molar-refractivity contribution in [3.8, 4) is 6.07 Å². The van der Waals surface area contributed by atoms with Gasteiger partial charge in [-0.3, -0.25) is 0 Å². The molecule has 19 heavy (non-hydrogen) atoms. The van der Waals surface area contributed by atoms with Crippen LogP contribution in [0.1, 0.15) is 5.82 Å². The zero-order valence-corrected chi connectivity index (χ0v) is 9.15.